The summed E-state index contributed by atoms with van der Waals surface area (Å²) in [5.74, 6) is -0.209. The van der Waals surface area contributed by atoms with Gasteiger partial charge in [0.2, 0.25) is 0 Å². The third-order valence-corrected chi connectivity index (χ3v) is 5.42. The molecule has 7 heteroatoms. The fraction of sp³-hybridized carbons (Fsp3) is 0.192. The highest BCUT2D eigenvalue weighted by Gasteiger charge is 2.29. The van der Waals surface area contributed by atoms with Crippen molar-refractivity contribution in [2.24, 2.45) is 0 Å². The molecule has 170 valence electrons. The molecule has 0 unspecified atom stereocenters. The smallest absolute Gasteiger partial charge is 0.416 e. The maximum Gasteiger partial charge on any atom is 0.416 e. The fourth-order valence-corrected chi connectivity index (χ4v) is 3.78. The number of ether oxygens (including phenoxy) is 1. The lowest BCUT2D eigenvalue weighted by Gasteiger charge is -2.11. The molecule has 0 fully saturated rings. The quantitative estimate of drug-likeness (QED) is 0.340. The largest absolute Gasteiger partial charge is 0.489 e. The molecule has 4 rings (SSSR count). The molecule has 0 aliphatic heterocycles. The Morgan fingerprint density at radius 3 is 2.42 bits per heavy atom. The summed E-state index contributed by atoms with van der Waals surface area (Å²) in [5.41, 5.74) is 2.96. The van der Waals surface area contributed by atoms with Crippen molar-refractivity contribution in [3.05, 3.63) is 101 Å². The number of benzene rings is 3. The van der Waals surface area contributed by atoms with Crippen LogP contribution < -0.4 is 4.74 Å². The Labute approximate surface area is 188 Å². The topological polar surface area (TPSA) is 51.5 Å². The van der Waals surface area contributed by atoms with Crippen LogP contribution in [0.1, 0.15) is 28.7 Å². The first-order chi connectivity index (χ1) is 15.8. The summed E-state index contributed by atoms with van der Waals surface area (Å²) in [6.45, 7) is 0.735. The Balaban J connectivity index is 1.47. The number of nitrogens with zero attached hydrogens (tertiary/aromatic N) is 1. The standard InChI is InChI=1S/C26H22F3NO3/c27-26(28,29)21-11-8-18(9-12-21)17-33-22-5-3-4-19(14-22)15-30-16-20(10-13-25(31)32)23-6-1-2-7-24(23)30/h1-9,11-12,14,16H,10,13,15,17H2,(H,31,32). The molecule has 0 atom stereocenters. The molecule has 1 heterocycles. The number of halogens is 3. The van der Waals surface area contributed by atoms with Gasteiger partial charge in [0.25, 0.3) is 0 Å². The zero-order valence-electron chi connectivity index (χ0n) is 17.7. The van der Waals surface area contributed by atoms with E-state index >= 15 is 0 Å². The zero-order chi connectivity index (χ0) is 23.4. The molecular weight excluding hydrogens is 431 g/mol. The van der Waals surface area contributed by atoms with Gasteiger partial charge in [0, 0.05) is 30.1 Å². The van der Waals surface area contributed by atoms with Crippen LogP contribution in [0.15, 0.2) is 79.0 Å². The summed E-state index contributed by atoms with van der Waals surface area (Å²) in [5, 5.41) is 10.1. The summed E-state index contributed by atoms with van der Waals surface area (Å²) >= 11 is 0. The molecule has 3 aromatic carbocycles. The van der Waals surface area contributed by atoms with Crippen molar-refractivity contribution in [3.8, 4) is 5.75 Å². The predicted octanol–water partition coefficient (Wildman–Crippen LogP) is 6.30. The van der Waals surface area contributed by atoms with Gasteiger partial charge in [-0.2, -0.15) is 13.2 Å². The molecule has 1 aromatic heterocycles. The maximum absolute atomic E-state index is 12.7. The number of para-hydroxylation sites is 1. The first-order valence-corrected chi connectivity index (χ1v) is 10.5. The Bertz CT molecular complexity index is 1260. The summed E-state index contributed by atoms with van der Waals surface area (Å²) in [7, 11) is 0. The van der Waals surface area contributed by atoms with E-state index in [2.05, 4.69) is 4.57 Å². The molecule has 0 bridgehead atoms. The molecule has 0 amide bonds. The number of aliphatic carboxylic acids is 1. The van der Waals surface area contributed by atoms with E-state index in [1.54, 1.807) is 6.07 Å². The number of carboxylic acids is 1. The van der Waals surface area contributed by atoms with Crippen LogP contribution in [0.3, 0.4) is 0 Å². The minimum atomic E-state index is -4.36. The van der Waals surface area contributed by atoms with Crippen LogP contribution in [-0.2, 0) is 30.5 Å². The number of carbonyl (C=O) groups is 1. The molecular formula is C26H22F3NO3. The molecule has 0 spiro atoms. The molecule has 0 aliphatic rings. The number of hydrogen-bond acceptors (Lipinski definition) is 2. The van der Waals surface area contributed by atoms with Crippen LogP contribution in [-0.4, -0.2) is 15.6 Å². The average Bonchev–Trinajstić information content (AvgIpc) is 3.14. The minimum absolute atomic E-state index is 0.0707. The van der Waals surface area contributed by atoms with Crippen LogP contribution in [0.25, 0.3) is 10.9 Å². The zero-order valence-corrected chi connectivity index (χ0v) is 17.7. The molecule has 0 saturated carbocycles. The summed E-state index contributed by atoms with van der Waals surface area (Å²) in [6.07, 6.45) is -1.84. The third kappa shape index (κ3) is 5.55. The number of hydrogen-bond donors (Lipinski definition) is 1. The van der Waals surface area contributed by atoms with Gasteiger partial charge in [-0.25, -0.2) is 0 Å². The van der Waals surface area contributed by atoms with E-state index in [4.69, 9.17) is 9.84 Å². The molecule has 33 heavy (non-hydrogen) atoms. The molecule has 4 nitrogen and oxygen atoms in total. The van der Waals surface area contributed by atoms with Gasteiger partial charge >= 0.3 is 12.1 Å². The Morgan fingerprint density at radius 1 is 0.939 bits per heavy atom. The second kappa shape index (κ2) is 9.40. The number of fused-ring (bicyclic) bond motifs is 1. The van der Waals surface area contributed by atoms with Crippen LogP contribution in [0, 0.1) is 0 Å². The van der Waals surface area contributed by atoms with Crippen molar-refractivity contribution in [2.75, 3.05) is 0 Å². The molecule has 4 aromatic rings. The third-order valence-electron chi connectivity index (χ3n) is 5.42. The Morgan fingerprint density at radius 2 is 1.70 bits per heavy atom. The van der Waals surface area contributed by atoms with Gasteiger partial charge in [-0.3, -0.25) is 4.79 Å². The van der Waals surface area contributed by atoms with Crippen molar-refractivity contribution in [1.29, 1.82) is 0 Å². The highest BCUT2D eigenvalue weighted by atomic mass is 19.4. The monoisotopic (exact) mass is 453 g/mol. The molecule has 0 aliphatic carbocycles. The summed E-state index contributed by atoms with van der Waals surface area (Å²) < 4.78 is 46.0. The minimum Gasteiger partial charge on any atom is -0.489 e. The van der Waals surface area contributed by atoms with Gasteiger partial charge in [-0.05, 0) is 53.4 Å². The maximum atomic E-state index is 12.7. The molecule has 0 saturated heterocycles. The van der Waals surface area contributed by atoms with Crippen molar-refractivity contribution in [3.63, 3.8) is 0 Å². The fourth-order valence-electron chi connectivity index (χ4n) is 3.78. The lowest BCUT2D eigenvalue weighted by atomic mass is 10.1. The van der Waals surface area contributed by atoms with Gasteiger partial charge in [0.05, 0.1) is 5.56 Å². The van der Waals surface area contributed by atoms with E-state index in [9.17, 15) is 18.0 Å². The highest BCUT2D eigenvalue weighted by Crippen LogP contribution is 2.29. The van der Waals surface area contributed by atoms with Gasteiger partial charge in [-0.1, -0.05) is 42.5 Å². The van der Waals surface area contributed by atoms with Gasteiger partial charge in [0.15, 0.2) is 0 Å². The van der Waals surface area contributed by atoms with E-state index in [0.717, 1.165) is 34.2 Å². The molecule has 0 radical (unpaired) electrons. The normalized spacial score (nSPS) is 11.6. The predicted molar refractivity (Wildman–Crippen MR) is 119 cm³/mol. The van der Waals surface area contributed by atoms with Crippen LogP contribution in [0.2, 0.25) is 0 Å². The second-order valence-corrected chi connectivity index (χ2v) is 7.82. The van der Waals surface area contributed by atoms with E-state index in [1.165, 1.54) is 12.1 Å². The first kappa shape index (κ1) is 22.5. The summed E-state index contributed by atoms with van der Waals surface area (Å²) in [4.78, 5) is 11.0. The van der Waals surface area contributed by atoms with Crippen molar-refractivity contribution < 1.29 is 27.8 Å². The second-order valence-electron chi connectivity index (χ2n) is 7.82. The van der Waals surface area contributed by atoms with E-state index < -0.39 is 17.7 Å². The lowest BCUT2D eigenvalue weighted by molar-refractivity contribution is -0.138. The Hall–Kier alpha value is -3.74. The number of rotatable bonds is 8. The van der Waals surface area contributed by atoms with Crippen molar-refractivity contribution in [2.45, 2.75) is 32.2 Å². The Kier molecular flexibility index (Phi) is 6.40. The van der Waals surface area contributed by atoms with Crippen LogP contribution in [0.5, 0.6) is 5.75 Å². The van der Waals surface area contributed by atoms with Gasteiger partial charge in [0.1, 0.15) is 12.4 Å². The highest BCUT2D eigenvalue weighted by molar-refractivity contribution is 5.84. The van der Waals surface area contributed by atoms with E-state index in [0.29, 0.717) is 24.3 Å². The molecule has 1 N–H and O–H groups in total. The van der Waals surface area contributed by atoms with E-state index in [-0.39, 0.29) is 13.0 Å². The number of alkyl halides is 3. The SMILES string of the molecule is O=C(O)CCc1cn(Cc2cccc(OCc3ccc(C(F)(F)F)cc3)c2)c2ccccc12. The van der Waals surface area contributed by atoms with E-state index in [1.807, 2.05) is 48.7 Å². The van der Waals surface area contributed by atoms with Gasteiger partial charge in [-0.15, -0.1) is 0 Å². The number of aryl methyl sites for hydroxylation is 1. The number of aromatic nitrogens is 1. The van der Waals surface area contributed by atoms with Gasteiger partial charge < -0.3 is 14.4 Å². The van der Waals surface area contributed by atoms with Crippen LogP contribution >= 0.6 is 0 Å². The average molecular weight is 453 g/mol. The number of carboxylic acid groups (broad SMARTS) is 1. The lowest BCUT2D eigenvalue weighted by Crippen LogP contribution is -2.05. The van der Waals surface area contributed by atoms with Crippen molar-refractivity contribution in [1.82, 2.24) is 4.57 Å². The van der Waals surface area contributed by atoms with Crippen molar-refractivity contribution >= 4 is 16.9 Å². The van der Waals surface area contributed by atoms with Crippen LogP contribution in [0.4, 0.5) is 13.2 Å². The first-order valence-electron chi connectivity index (χ1n) is 10.5. The summed E-state index contributed by atoms with van der Waals surface area (Å²) in [6, 6.07) is 20.4.